The molecule has 4 aromatic rings. The number of carbonyl (C=O) groups is 8. The van der Waals surface area contributed by atoms with Crippen molar-refractivity contribution >= 4 is 76.0 Å². The number of benzene rings is 2. The van der Waals surface area contributed by atoms with Gasteiger partial charge in [0.05, 0.1) is 12.4 Å². The molecule has 0 saturated carbocycles. The fraction of sp³-hybridized carbons (Fsp3) is 0.409. The Morgan fingerprint density at radius 3 is 1.90 bits per heavy atom. The third-order valence-electron chi connectivity index (χ3n) is 10.5. The highest BCUT2D eigenvalue weighted by Crippen LogP contribution is 2.20. The summed E-state index contributed by atoms with van der Waals surface area (Å²) in [5, 5.41) is 35.0. The van der Waals surface area contributed by atoms with Crippen LogP contribution in [0.25, 0.3) is 10.9 Å². The first-order valence-corrected chi connectivity index (χ1v) is 23.0. The van der Waals surface area contributed by atoms with E-state index in [-0.39, 0.29) is 57.5 Å². The summed E-state index contributed by atoms with van der Waals surface area (Å²) in [6, 6.07) is 7.90. The molecular weight excluding hydrogens is 903 g/mol. The summed E-state index contributed by atoms with van der Waals surface area (Å²) in [6.45, 7) is -0.679. The molecule has 0 radical (unpaired) electrons. The molecule has 0 bridgehead atoms. The van der Waals surface area contributed by atoms with Gasteiger partial charge in [0.1, 0.15) is 36.8 Å². The van der Waals surface area contributed by atoms with Crippen LogP contribution in [0, 0.1) is 0 Å². The van der Waals surface area contributed by atoms with Gasteiger partial charge >= 0.3 is 11.9 Å². The number of carboxylic acids is 2. The van der Waals surface area contributed by atoms with Gasteiger partial charge < -0.3 is 69.3 Å². The van der Waals surface area contributed by atoms with Crippen LogP contribution in [0.15, 0.2) is 78.3 Å². The van der Waals surface area contributed by atoms with Gasteiger partial charge in [-0.2, -0.15) is 11.8 Å². The molecule has 24 heteroatoms. The fourth-order valence-electron chi connectivity index (χ4n) is 6.95. The number of rotatable bonds is 29. The van der Waals surface area contributed by atoms with Crippen molar-refractivity contribution < 1.29 is 48.6 Å². The van der Waals surface area contributed by atoms with E-state index < -0.39 is 96.6 Å². The highest BCUT2D eigenvalue weighted by molar-refractivity contribution is 7.98. The number of imidazole rings is 1. The van der Waals surface area contributed by atoms with Crippen LogP contribution in [0.1, 0.15) is 48.9 Å². The second-order valence-electron chi connectivity index (χ2n) is 15.7. The van der Waals surface area contributed by atoms with Crippen molar-refractivity contribution in [2.75, 3.05) is 25.1 Å². The van der Waals surface area contributed by atoms with Crippen LogP contribution in [-0.2, 0) is 57.6 Å². The quantitative estimate of drug-likeness (QED) is 0.0168. The molecule has 0 aliphatic rings. The number of aromatic amines is 2. The van der Waals surface area contributed by atoms with Crippen LogP contribution >= 0.6 is 11.8 Å². The average Bonchev–Trinajstić information content (AvgIpc) is 3.99. The molecule has 6 amide bonds. The predicted molar refractivity (Wildman–Crippen MR) is 252 cm³/mol. The number of aliphatic imine (C=N–C) groups is 1. The summed E-state index contributed by atoms with van der Waals surface area (Å²) in [7, 11) is 0. The molecule has 0 spiro atoms. The molecule has 2 aromatic carbocycles. The standard InChI is InChI=1S/C44H59N13O10S/c1-68-17-15-29(45)38(62)53-32(13-14-36(58)59)41(65)57-35(20-27-22-48-24-52-27)43(67)55-33(18-25-8-3-2-4-9-25)42(66)54-31(12-7-16-49-44(46)47)40(64)56-34(39(63)51-23-37(60)61)19-26-21-50-30-11-6-5-10-28(26)30/h2-6,8-11,21-22,24,29,31-35,50H,7,12-20,23,45H2,1H3,(H,48,52)(H,51,63)(H,53,62)(H,54,66)(H,55,67)(H,56,64)(H,57,65)(H,58,59)(H,60,61)(H4,46,47,49)/t29-,31+,32+,33+,34+,35+/m0/s1. The predicted octanol–water partition coefficient (Wildman–Crippen LogP) is -1.46. The van der Waals surface area contributed by atoms with Crippen molar-refractivity contribution in [3.63, 3.8) is 0 Å². The van der Waals surface area contributed by atoms with Crippen LogP contribution in [0.2, 0.25) is 0 Å². The first-order chi connectivity index (χ1) is 32.5. The van der Waals surface area contributed by atoms with Crippen molar-refractivity contribution in [3.05, 3.63) is 90.1 Å². The molecule has 0 saturated heterocycles. The first-order valence-electron chi connectivity index (χ1n) is 21.6. The van der Waals surface area contributed by atoms with Crippen LogP contribution in [0.5, 0.6) is 0 Å². The number of nitrogens with zero attached hydrogens (tertiary/aromatic N) is 2. The van der Waals surface area contributed by atoms with Crippen molar-refractivity contribution in [1.82, 2.24) is 46.9 Å². The largest absolute Gasteiger partial charge is 0.481 e. The third kappa shape index (κ3) is 17.7. The maximum Gasteiger partial charge on any atom is 0.322 e. The monoisotopic (exact) mass is 961 g/mol. The van der Waals surface area contributed by atoms with Gasteiger partial charge in [-0.1, -0.05) is 48.5 Å². The highest BCUT2D eigenvalue weighted by Gasteiger charge is 2.34. The second-order valence-corrected chi connectivity index (χ2v) is 16.7. The Morgan fingerprint density at radius 2 is 1.28 bits per heavy atom. The average molecular weight is 962 g/mol. The Kier molecular flexibility index (Phi) is 21.3. The molecule has 2 heterocycles. The van der Waals surface area contributed by atoms with E-state index in [4.69, 9.17) is 17.2 Å². The molecule has 23 nitrogen and oxygen atoms in total. The molecule has 0 aliphatic carbocycles. The molecule has 366 valence electrons. The topological polar surface area (TPSA) is 384 Å². The number of para-hydroxylation sites is 1. The van der Waals surface area contributed by atoms with E-state index in [2.05, 4.69) is 51.8 Å². The van der Waals surface area contributed by atoms with Gasteiger partial charge in [0, 0.05) is 61.2 Å². The number of nitrogens with one attached hydrogen (secondary N) is 8. The van der Waals surface area contributed by atoms with E-state index in [1.165, 1.54) is 24.3 Å². The van der Waals surface area contributed by atoms with Crippen LogP contribution in [0.4, 0.5) is 0 Å². The lowest BCUT2D eigenvalue weighted by atomic mass is 10.0. The van der Waals surface area contributed by atoms with Crippen molar-refractivity contribution in [3.8, 4) is 0 Å². The zero-order valence-corrected chi connectivity index (χ0v) is 38.2. The third-order valence-corrected chi connectivity index (χ3v) is 11.1. The maximum absolute atomic E-state index is 14.5. The number of fused-ring (bicyclic) bond motifs is 1. The maximum atomic E-state index is 14.5. The smallest absolute Gasteiger partial charge is 0.322 e. The number of hydrogen-bond acceptors (Lipinski definition) is 12. The van der Waals surface area contributed by atoms with E-state index in [1.54, 1.807) is 42.6 Å². The molecule has 0 fully saturated rings. The van der Waals surface area contributed by atoms with E-state index in [0.29, 0.717) is 22.6 Å². The minimum atomic E-state index is -1.43. The number of guanidine groups is 1. The lowest BCUT2D eigenvalue weighted by Crippen LogP contribution is -2.60. The van der Waals surface area contributed by atoms with E-state index in [1.807, 2.05) is 24.5 Å². The summed E-state index contributed by atoms with van der Waals surface area (Å²) in [5.74, 6) is -7.15. The number of aliphatic carboxylic acids is 2. The lowest BCUT2D eigenvalue weighted by Gasteiger charge is -2.27. The summed E-state index contributed by atoms with van der Waals surface area (Å²) in [4.78, 5) is 120. The van der Waals surface area contributed by atoms with Crippen molar-refractivity contribution in [2.24, 2.45) is 22.2 Å². The number of hydrogen-bond donors (Lipinski definition) is 13. The number of amides is 6. The Bertz CT molecular complexity index is 2360. The Hall–Kier alpha value is -7.47. The van der Waals surface area contributed by atoms with E-state index in [0.717, 1.165) is 10.9 Å². The zero-order valence-electron chi connectivity index (χ0n) is 37.4. The summed E-state index contributed by atoms with van der Waals surface area (Å²) in [5.41, 5.74) is 19.5. The van der Waals surface area contributed by atoms with Crippen LogP contribution < -0.4 is 49.1 Å². The molecule has 6 atom stereocenters. The van der Waals surface area contributed by atoms with Gasteiger partial charge in [0.25, 0.3) is 0 Å². The van der Waals surface area contributed by atoms with Gasteiger partial charge in [-0.25, -0.2) is 4.98 Å². The van der Waals surface area contributed by atoms with Gasteiger partial charge in [0.15, 0.2) is 5.96 Å². The number of nitrogens with two attached hydrogens (primary N) is 3. The number of H-pyrrole nitrogens is 2. The number of carboxylic acid groups (broad SMARTS) is 2. The minimum absolute atomic E-state index is 0.0522. The molecule has 68 heavy (non-hydrogen) atoms. The van der Waals surface area contributed by atoms with E-state index >= 15 is 0 Å². The Balaban J connectivity index is 1.64. The summed E-state index contributed by atoms with van der Waals surface area (Å²) >= 11 is 1.46. The van der Waals surface area contributed by atoms with Gasteiger partial charge in [-0.05, 0) is 54.9 Å². The minimum Gasteiger partial charge on any atom is -0.481 e. The molecule has 16 N–H and O–H groups in total. The normalized spacial score (nSPS) is 13.6. The summed E-state index contributed by atoms with van der Waals surface area (Å²) in [6.07, 6.45) is 5.40. The van der Waals surface area contributed by atoms with Gasteiger partial charge in [0.2, 0.25) is 35.4 Å². The molecule has 4 rings (SSSR count). The number of thioether (sulfide) groups is 1. The highest BCUT2D eigenvalue weighted by atomic mass is 32.2. The SMILES string of the molecule is CSCC[C@H](N)C(=O)N[C@H](CCC(=O)O)C(=O)N[C@H](Cc1cnc[nH]1)C(=O)N[C@H](Cc1ccccc1)C(=O)N[C@H](CCCN=C(N)N)C(=O)N[C@H](Cc1c[nH]c2ccccc12)C(=O)NCC(=O)O. The molecule has 0 unspecified atom stereocenters. The molecule has 2 aromatic heterocycles. The number of carbonyl (C=O) groups excluding carboxylic acids is 6. The Labute approximate surface area is 395 Å². The Morgan fingerprint density at radius 1 is 0.691 bits per heavy atom. The summed E-state index contributed by atoms with van der Waals surface area (Å²) < 4.78 is 0. The van der Waals surface area contributed by atoms with Gasteiger partial charge in [-0.3, -0.25) is 43.3 Å². The van der Waals surface area contributed by atoms with Crippen molar-refractivity contribution in [1.29, 1.82) is 0 Å². The van der Waals surface area contributed by atoms with Crippen LogP contribution in [-0.4, -0.2) is 140 Å². The molecule has 0 aliphatic heterocycles. The van der Waals surface area contributed by atoms with Gasteiger partial charge in [-0.15, -0.1) is 0 Å². The zero-order chi connectivity index (χ0) is 49.6. The van der Waals surface area contributed by atoms with E-state index in [9.17, 15) is 48.6 Å². The lowest BCUT2D eigenvalue weighted by molar-refractivity contribution is -0.139. The fourth-order valence-corrected chi connectivity index (χ4v) is 7.44. The second kappa shape index (κ2) is 27.2. The molecular formula is C44H59N13O10S. The number of aromatic nitrogens is 3. The first kappa shape index (κ1) is 53.1. The van der Waals surface area contributed by atoms with Crippen molar-refractivity contribution in [2.45, 2.75) is 87.6 Å². The van der Waals surface area contributed by atoms with Crippen LogP contribution in [0.3, 0.4) is 0 Å².